The number of nitrogens with one attached hydrogen (secondary N) is 1. The number of thioether (sulfide) groups is 1. The minimum atomic E-state index is -0.516. The van der Waals surface area contributed by atoms with Gasteiger partial charge >= 0.3 is 0 Å². The van der Waals surface area contributed by atoms with Crippen LogP contribution in [-0.4, -0.2) is 17.1 Å². The molecule has 3 N–H and O–H groups in total. The molecular formula is C16H15FN2O2S. The molecule has 0 aliphatic heterocycles. The summed E-state index contributed by atoms with van der Waals surface area (Å²) >= 11 is 1.33. The molecule has 114 valence electrons. The van der Waals surface area contributed by atoms with Crippen molar-refractivity contribution in [3.8, 4) is 0 Å². The van der Waals surface area contributed by atoms with Crippen LogP contribution in [0.25, 0.3) is 0 Å². The molecule has 0 saturated carbocycles. The van der Waals surface area contributed by atoms with Gasteiger partial charge in [0, 0.05) is 16.1 Å². The monoisotopic (exact) mass is 318 g/mol. The number of nitrogens with two attached hydrogens (primary N) is 1. The van der Waals surface area contributed by atoms with Crippen molar-refractivity contribution in [2.24, 2.45) is 5.73 Å². The van der Waals surface area contributed by atoms with Crippen molar-refractivity contribution in [3.63, 3.8) is 0 Å². The van der Waals surface area contributed by atoms with Crippen LogP contribution in [0.4, 0.5) is 10.1 Å². The van der Waals surface area contributed by atoms with Crippen LogP contribution in [0.3, 0.4) is 0 Å². The summed E-state index contributed by atoms with van der Waals surface area (Å²) in [4.78, 5) is 23.9. The molecule has 22 heavy (non-hydrogen) atoms. The van der Waals surface area contributed by atoms with Crippen LogP contribution in [0, 0.1) is 5.82 Å². The van der Waals surface area contributed by atoms with E-state index in [-0.39, 0.29) is 17.0 Å². The van der Waals surface area contributed by atoms with E-state index in [1.54, 1.807) is 43.3 Å². The number of rotatable bonds is 5. The predicted octanol–water partition coefficient (Wildman–Crippen LogP) is 3.04. The van der Waals surface area contributed by atoms with Crippen LogP contribution in [0.15, 0.2) is 53.4 Å². The van der Waals surface area contributed by atoms with Gasteiger partial charge in [0.2, 0.25) is 11.8 Å². The Morgan fingerprint density at radius 2 is 1.68 bits per heavy atom. The minimum absolute atomic E-state index is 0.179. The van der Waals surface area contributed by atoms with Crippen molar-refractivity contribution < 1.29 is 14.0 Å². The zero-order valence-electron chi connectivity index (χ0n) is 11.9. The highest BCUT2D eigenvalue weighted by Gasteiger charge is 2.14. The predicted molar refractivity (Wildman–Crippen MR) is 85.3 cm³/mol. The SMILES string of the molecule is C[C@H](Sc1ccc(F)cc1)C(=O)Nc1ccc(C(N)=O)cc1. The van der Waals surface area contributed by atoms with Crippen LogP contribution < -0.4 is 11.1 Å². The summed E-state index contributed by atoms with van der Waals surface area (Å²) in [5, 5.41) is 2.41. The molecule has 2 rings (SSSR count). The van der Waals surface area contributed by atoms with Gasteiger partial charge in [0.15, 0.2) is 0 Å². The third kappa shape index (κ3) is 4.33. The van der Waals surface area contributed by atoms with E-state index in [9.17, 15) is 14.0 Å². The van der Waals surface area contributed by atoms with E-state index in [1.165, 1.54) is 23.9 Å². The number of halogens is 1. The van der Waals surface area contributed by atoms with E-state index in [0.29, 0.717) is 11.3 Å². The highest BCUT2D eigenvalue weighted by molar-refractivity contribution is 8.00. The molecule has 0 unspecified atom stereocenters. The van der Waals surface area contributed by atoms with Crippen molar-refractivity contribution in [2.75, 3.05) is 5.32 Å². The number of benzene rings is 2. The fourth-order valence-corrected chi connectivity index (χ4v) is 2.60. The van der Waals surface area contributed by atoms with Crippen molar-refractivity contribution >= 4 is 29.3 Å². The van der Waals surface area contributed by atoms with Gasteiger partial charge in [-0.25, -0.2) is 4.39 Å². The van der Waals surface area contributed by atoms with Crippen LogP contribution in [0.5, 0.6) is 0 Å². The van der Waals surface area contributed by atoms with Gasteiger partial charge in [0.1, 0.15) is 5.82 Å². The quantitative estimate of drug-likeness (QED) is 0.832. The number of hydrogen-bond donors (Lipinski definition) is 2. The Bertz CT molecular complexity index is 672. The van der Waals surface area contributed by atoms with Crippen molar-refractivity contribution in [1.29, 1.82) is 0 Å². The fraction of sp³-hybridized carbons (Fsp3) is 0.125. The third-order valence-electron chi connectivity index (χ3n) is 2.93. The molecule has 0 aliphatic carbocycles. The normalized spacial score (nSPS) is 11.7. The third-order valence-corrected chi connectivity index (χ3v) is 4.04. The van der Waals surface area contributed by atoms with Gasteiger partial charge in [0.05, 0.1) is 5.25 Å². The van der Waals surface area contributed by atoms with Gasteiger partial charge in [-0.2, -0.15) is 0 Å². The molecule has 0 heterocycles. The lowest BCUT2D eigenvalue weighted by Gasteiger charge is -2.12. The molecule has 0 spiro atoms. The summed E-state index contributed by atoms with van der Waals surface area (Å²) in [5.74, 6) is -1.00. The second kappa shape index (κ2) is 7.09. The Kier molecular flexibility index (Phi) is 5.16. The molecule has 1 atom stereocenters. The number of carbonyl (C=O) groups is 2. The van der Waals surface area contributed by atoms with Gasteiger partial charge < -0.3 is 11.1 Å². The second-order valence-electron chi connectivity index (χ2n) is 4.64. The zero-order chi connectivity index (χ0) is 16.1. The maximum absolute atomic E-state index is 12.8. The first-order chi connectivity index (χ1) is 10.5. The number of carbonyl (C=O) groups excluding carboxylic acids is 2. The molecule has 2 amide bonds. The highest BCUT2D eigenvalue weighted by atomic mass is 32.2. The van der Waals surface area contributed by atoms with Crippen LogP contribution in [0.2, 0.25) is 0 Å². The Hall–Kier alpha value is -2.34. The van der Waals surface area contributed by atoms with E-state index in [2.05, 4.69) is 5.32 Å². The largest absolute Gasteiger partial charge is 0.366 e. The second-order valence-corrected chi connectivity index (χ2v) is 6.06. The number of primary amides is 1. The molecule has 6 heteroatoms. The molecule has 0 saturated heterocycles. The first-order valence-electron chi connectivity index (χ1n) is 6.58. The van der Waals surface area contributed by atoms with Gasteiger partial charge in [-0.1, -0.05) is 0 Å². The average Bonchev–Trinajstić information content (AvgIpc) is 2.50. The Balaban J connectivity index is 1.95. The Morgan fingerprint density at radius 3 is 2.23 bits per heavy atom. The summed E-state index contributed by atoms with van der Waals surface area (Å²) in [5.41, 5.74) is 6.12. The van der Waals surface area contributed by atoms with Crippen LogP contribution in [-0.2, 0) is 4.79 Å². The van der Waals surface area contributed by atoms with E-state index in [0.717, 1.165) is 4.90 Å². The van der Waals surface area contributed by atoms with Gasteiger partial charge in [0.25, 0.3) is 0 Å². The van der Waals surface area contributed by atoms with Crippen molar-refractivity contribution in [1.82, 2.24) is 0 Å². The number of hydrogen-bond acceptors (Lipinski definition) is 3. The maximum Gasteiger partial charge on any atom is 0.248 e. The molecule has 0 bridgehead atoms. The summed E-state index contributed by atoms with van der Waals surface area (Å²) in [6.07, 6.45) is 0. The maximum atomic E-state index is 12.8. The molecular weight excluding hydrogens is 303 g/mol. The summed E-state index contributed by atoms with van der Waals surface area (Å²) in [7, 11) is 0. The minimum Gasteiger partial charge on any atom is -0.366 e. The average molecular weight is 318 g/mol. The fourth-order valence-electron chi connectivity index (χ4n) is 1.73. The van der Waals surface area contributed by atoms with E-state index in [1.807, 2.05) is 0 Å². The Morgan fingerprint density at radius 1 is 1.09 bits per heavy atom. The molecule has 2 aromatic rings. The highest BCUT2D eigenvalue weighted by Crippen LogP contribution is 2.24. The van der Waals surface area contributed by atoms with E-state index in [4.69, 9.17) is 5.73 Å². The molecule has 0 radical (unpaired) electrons. The van der Waals surface area contributed by atoms with Gasteiger partial charge in [-0.15, -0.1) is 11.8 Å². The van der Waals surface area contributed by atoms with E-state index < -0.39 is 5.91 Å². The van der Waals surface area contributed by atoms with Crippen molar-refractivity contribution in [2.45, 2.75) is 17.1 Å². The van der Waals surface area contributed by atoms with Gasteiger partial charge in [-0.05, 0) is 55.5 Å². The standard InChI is InChI=1S/C16H15FN2O2S/c1-10(22-14-8-4-12(17)5-9-14)16(21)19-13-6-2-11(3-7-13)15(18)20/h2-10H,1H3,(H2,18,20)(H,19,21)/t10-/m0/s1. The lowest BCUT2D eigenvalue weighted by molar-refractivity contribution is -0.115. The molecule has 0 fully saturated rings. The molecule has 2 aromatic carbocycles. The molecule has 4 nitrogen and oxygen atoms in total. The smallest absolute Gasteiger partial charge is 0.248 e. The van der Waals surface area contributed by atoms with Crippen LogP contribution in [0.1, 0.15) is 17.3 Å². The number of anilines is 1. The first kappa shape index (κ1) is 16.0. The van der Waals surface area contributed by atoms with E-state index >= 15 is 0 Å². The van der Waals surface area contributed by atoms with Crippen molar-refractivity contribution in [3.05, 3.63) is 59.9 Å². The lowest BCUT2D eigenvalue weighted by Crippen LogP contribution is -2.22. The van der Waals surface area contributed by atoms with Gasteiger partial charge in [-0.3, -0.25) is 9.59 Å². The summed E-state index contributed by atoms with van der Waals surface area (Å²) in [6, 6.07) is 12.3. The summed E-state index contributed by atoms with van der Waals surface area (Å²) < 4.78 is 12.8. The first-order valence-corrected chi connectivity index (χ1v) is 7.46. The summed E-state index contributed by atoms with van der Waals surface area (Å²) in [6.45, 7) is 1.77. The van der Waals surface area contributed by atoms with Crippen LogP contribution >= 0.6 is 11.8 Å². The molecule has 0 aliphatic rings. The topological polar surface area (TPSA) is 72.2 Å². The Labute approximate surface area is 131 Å². The lowest BCUT2D eigenvalue weighted by atomic mass is 10.2. The number of amides is 2. The molecule has 0 aromatic heterocycles. The zero-order valence-corrected chi connectivity index (χ0v) is 12.7.